The first kappa shape index (κ1) is 15.3. The van der Waals surface area contributed by atoms with Crippen LogP contribution in [-0.2, 0) is 13.0 Å². The molecule has 0 amide bonds. The highest BCUT2D eigenvalue weighted by atomic mass is 16.5. The van der Waals surface area contributed by atoms with E-state index in [0.29, 0.717) is 13.0 Å². The first-order chi connectivity index (χ1) is 9.38. The maximum atomic E-state index is 8.88. The van der Waals surface area contributed by atoms with Gasteiger partial charge in [-0.05, 0) is 29.7 Å². The van der Waals surface area contributed by atoms with Crippen LogP contribution in [0.1, 0.15) is 25.0 Å². The lowest BCUT2D eigenvalue weighted by Gasteiger charge is -2.07. The highest BCUT2D eigenvalue weighted by Crippen LogP contribution is 2.15. The van der Waals surface area contributed by atoms with Crippen LogP contribution < -0.4 is 4.74 Å². The fourth-order valence-electron chi connectivity index (χ4n) is 1.66. The average molecular weight is 258 g/mol. The molecule has 0 spiro atoms. The van der Waals surface area contributed by atoms with Crippen LogP contribution in [0, 0.1) is 0 Å². The van der Waals surface area contributed by atoms with Gasteiger partial charge in [-0.2, -0.15) is 0 Å². The second kappa shape index (κ2) is 9.17. The van der Waals surface area contributed by atoms with E-state index in [1.807, 2.05) is 68.4 Å². The summed E-state index contributed by atoms with van der Waals surface area (Å²) in [6.45, 7) is 4.74. The van der Waals surface area contributed by atoms with Crippen LogP contribution >= 0.6 is 0 Å². The Morgan fingerprint density at radius 1 is 0.895 bits per heavy atom. The lowest BCUT2D eigenvalue weighted by atomic mass is 10.1. The van der Waals surface area contributed by atoms with Crippen LogP contribution in [0.25, 0.3) is 0 Å². The molecule has 2 aromatic carbocycles. The molecule has 2 rings (SSSR count). The summed E-state index contributed by atoms with van der Waals surface area (Å²) in [6, 6.07) is 17.9. The third kappa shape index (κ3) is 5.58. The Bertz CT molecular complexity index is 452. The molecule has 0 bridgehead atoms. The van der Waals surface area contributed by atoms with Crippen LogP contribution in [0.5, 0.6) is 5.75 Å². The van der Waals surface area contributed by atoms with E-state index in [0.717, 1.165) is 16.9 Å². The van der Waals surface area contributed by atoms with Gasteiger partial charge in [0.2, 0.25) is 0 Å². The van der Waals surface area contributed by atoms with Gasteiger partial charge in [-0.15, -0.1) is 0 Å². The van der Waals surface area contributed by atoms with Crippen molar-refractivity contribution in [2.45, 2.75) is 26.9 Å². The minimum atomic E-state index is 0.169. The fraction of sp³-hybridized carbons (Fsp3) is 0.294. The molecule has 0 radical (unpaired) electrons. The molecule has 2 aromatic rings. The minimum absolute atomic E-state index is 0.169. The van der Waals surface area contributed by atoms with E-state index < -0.39 is 0 Å². The summed E-state index contributed by atoms with van der Waals surface area (Å²) >= 11 is 0. The summed E-state index contributed by atoms with van der Waals surface area (Å²) in [4.78, 5) is 0. The van der Waals surface area contributed by atoms with Crippen LogP contribution in [0.2, 0.25) is 0 Å². The lowest BCUT2D eigenvalue weighted by Crippen LogP contribution is -1.96. The number of ether oxygens (including phenoxy) is 1. The second-order valence-electron chi connectivity index (χ2n) is 3.90. The van der Waals surface area contributed by atoms with Gasteiger partial charge in [-0.3, -0.25) is 0 Å². The topological polar surface area (TPSA) is 29.5 Å². The Morgan fingerprint density at radius 2 is 1.58 bits per heavy atom. The van der Waals surface area contributed by atoms with Gasteiger partial charge in [0.25, 0.3) is 0 Å². The predicted octanol–water partition coefficient (Wildman–Crippen LogP) is 3.83. The molecule has 19 heavy (non-hydrogen) atoms. The molecule has 0 aliphatic heterocycles. The molecule has 0 saturated heterocycles. The number of aliphatic hydroxyl groups excluding tert-OH is 1. The number of aliphatic hydroxyl groups is 1. The maximum Gasteiger partial charge on any atom is 0.120 e. The molecule has 0 heterocycles. The first-order valence-corrected chi connectivity index (χ1v) is 6.75. The first-order valence-electron chi connectivity index (χ1n) is 6.75. The van der Waals surface area contributed by atoms with Crippen LogP contribution in [-0.4, -0.2) is 11.7 Å². The molecule has 2 heteroatoms. The van der Waals surface area contributed by atoms with Gasteiger partial charge < -0.3 is 9.84 Å². The van der Waals surface area contributed by atoms with Crippen molar-refractivity contribution in [2.24, 2.45) is 0 Å². The molecule has 2 nitrogen and oxygen atoms in total. The van der Waals surface area contributed by atoms with E-state index in [2.05, 4.69) is 0 Å². The van der Waals surface area contributed by atoms with E-state index in [1.165, 1.54) is 0 Å². The smallest absolute Gasteiger partial charge is 0.120 e. The fourth-order valence-corrected chi connectivity index (χ4v) is 1.66. The minimum Gasteiger partial charge on any atom is -0.489 e. The van der Waals surface area contributed by atoms with Crippen molar-refractivity contribution in [1.82, 2.24) is 0 Å². The molecule has 0 aromatic heterocycles. The van der Waals surface area contributed by atoms with E-state index in [1.54, 1.807) is 0 Å². The summed E-state index contributed by atoms with van der Waals surface area (Å²) in [7, 11) is 0. The van der Waals surface area contributed by atoms with Crippen LogP contribution in [0.4, 0.5) is 0 Å². The van der Waals surface area contributed by atoms with Crippen molar-refractivity contribution in [1.29, 1.82) is 0 Å². The molecule has 0 aliphatic rings. The zero-order chi connectivity index (χ0) is 13.9. The Labute approximate surface area is 115 Å². The van der Waals surface area contributed by atoms with E-state index in [9.17, 15) is 0 Å². The highest BCUT2D eigenvalue weighted by molar-refractivity contribution is 5.29. The monoisotopic (exact) mass is 258 g/mol. The quantitative estimate of drug-likeness (QED) is 0.883. The highest BCUT2D eigenvalue weighted by Gasteiger charge is 1.97. The number of rotatable bonds is 5. The SMILES string of the molecule is CC.OCCc1cccc(OCc2ccccc2)c1. The summed E-state index contributed by atoms with van der Waals surface area (Å²) in [5.41, 5.74) is 2.25. The van der Waals surface area contributed by atoms with Crippen LogP contribution in [0.3, 0.4) is 0 Å². The van der Waals surface area contributed by atoms with Crippen molar-refractivity contribution >= 4 is 0 Å². The van der Waals surface area contributed by atoms with E-state index in [-0.39, 0.29) is 6.61 Å². The molecular weight excluding hydrogens is 236 g/mol. The largest absolute Gasteiger partial charge is 0.489 e. The average Bonchev–Trinajstić information content (AvgIpc) is 2.49. The Kier molecular flexibility index (Phi) is 7.37. The number of hydrogen-bond donors (Lipinski definition) is 1. The summed E-state index contributed by atoms with van der Waals surface area (Å²) in [6.07, 6.45) is 0.669. The lowest BCUT2D eigenvalue weighted by molar-refractivity contribution is 0.296. The maximum absolute atomic E-state index is 8.88. The number of hydrogen-bond acceptors (Lipinski definition) is 2. The molecule has 0 fully saturated rings. The molecule has 0 aliphatic carbocycles. The zero-order valence-corrected chi connectivity index (χ0v) is 11.7. The molecule has 1 N–H and O–H groups in total. The van der Waals surface area contributed by atoms with Crippen molar-refractivity contribution in [3.63, 3.8) is 0 Å². The standard InChI is InChI=1S/C15H16O2.C2H6/c16-10-9-13-7-4-8-15(11-13)17-12-14-5-2-1-3-6-14;1-2/h1-8,11,16H,9-10,12H2;1-2H3. The van der Waals surface area contributed by atoms with Crippen molar-refractivity contribution < 1.29 is 9.84 Å². The Hall–Kier alpha value is -1.80. The van der Waals surface area contributed by atoms with E-state index in [4.69, 9.17) is 9.84 Å². The third-order valence-corrected chi connectivity index (χ3v) is 2.55. The molecule has 0 saturated carbocycles. The zero-order valence-electron chi connectivity index (χ0n) is 11.7. The molecule has 102 valence electrons. The normalized spacial score (nSPS) is 9.42. The van der Waals surface area contributed by atoms with Crippen molar-refractivity contribution in [3.8, 4) is 5.75 Å². The summed E-state index contributed by atoms with van der Waals surface area (Å²) in [5.74, 6) is 0.847. The predicted molar refractivity (Wildman–Crippen MR) is 79.4 cm³/mol. The summed E-state index contributed by atoms with van der Waals surface area (Å²) < 4.78 is 5.70. The third-order valence-electron chi connectivity index (χ3n) is 2.55. The van der Waals surface area contributed by atoms with E-state index >= 15 is 0 Å². The Morgan fingerprint density at radius 3 is 2.26 bits per heavy atom. The second-order valence-corrected chi connectivity index (χ2v) is 3.90. The van der Waals surface area contributed by atoms with Gasteiger partial charge in [0.05, 0.1) is 0 Å². The van der Waals surface area contributed by atoms with Crippen LogP contribution in [0.15, 0.2) is 54.6 Å². The van der Waals surface area contributed by atoms with Gasteiger partial charge in [0, 0.05) is 6.61 Å². The van der Waals surface area contributed by atoms with Gasteiger partial charge >= 0.3 is 0 Å². The van der Waals surface area contributed by atoms with Gasteiger partial charge in [0.15, 0.2) is 0 Å². The van der Waals surface area contributed by atoms with Crippen molar-refractivity contribution in [2.75, 3.05) is 6.61 Å². The molecule has 0 unspecified atom stereocenters. The van der Waals surface area contributed by atoms with Crippen molar-refractivity contribution in [3.05, 3.63) is 65.7 Å². The Balaban J connectivity index is 0.000000861. The summed E-state index contributed by atoms with van der Waals surface area (Å²) in [5, 5.41) is 8.88. The molecule has 0 atom stereocenters. The molecular formula is C17H22O2. The number of benzene rings is 2. The van der Waals surface area contributed by atoms with Gasteiger partial charge in [-0.1, -0.05) is 56.3 Å². The van der Waals surface area contributed by atoms with Gasteiger partial charge in [0.1, 0.15) is 12.4 Å². The van der Waals surface area contributed by atoms with Gasteiger partial charge in [-0.25, -0.2) is 0 Å².